The summed E-state index contributed by atoms with van der Waals surface area (Å²) in [6, 6.07) is 7.13. The zero-order chi connectivity index (χ0) is 15.0. The molecule has 0 bridgehead atoms. The molecule has 0 saturated heterocycles. The highest BCUT2D eigenvalue weighted by Gasteiger charge is 2.17. The second-order valence-electron chi connectivity index (χ2n) is 4.86. The third-order valence-electron chi connectivity index (χ3n) is 3.27. The van der Waals surface area contributed by atoms with E-state index in [4.69, 9.17) is 10.4 Å². The summed E-state index contributed by atoms with van der Waals surface area (Å²) >= 11 is 0. The Labute approximate surface area is 120 Å². The fraction of sp³-hybridized carbons (Fsp3) is 0.500. The van der Waals surface area contributed by atoms with Crippen LogP contribution < -0.4 is 0 Å². The first-order valence-electron chi connectivity index (χ1n) is 7.05. The van der Waals surface area contributed by atoms with Crippen LogP contribution in [0.4, 0.5) is 0 Å². The van der Waals surface area contributed by atoms with E-state index in [2.05, 4.69) is 13.0 Å². The largest absolute Gasteiger partial charge is 0.395 e. The Bertz CT molecular complexity index is 492. The molecule has 0 aliphatic carbocycles. The Hall–Kier alpha value is -1.86. The van der Waals surface area contributed by atoms with Gasteiger partial charge in [-0.3, -0.25) is 4.79 Å². The average molecular weight is 274 g/mol. The molecule has 0 aromatic heterocycles. The average Bonchev–Trinajstić information content (AvgIpc) is 2.45. The van der Waals surface area contributed by atoms with E-state index in [0.717, 1.165) is 24.8 Å². The van der Waals surface area contributed by atoms with Gasteiger partial charge in [0.1, 0.15) is 0 Å². The molecule has 0 aliphatic rings. The van der Waals surface area contributed by atoms with E-state index in [-0.39, 0.29) is 12.5 Å². The maximum absolute atomic E-state index is 12.5. The number of carbonyl (C=O) groups is 1. The molecule has 0 spiro atoms. The minimum Gasteiger partial charge on any atom is -0.395 e. The standard InChI is InChI=1S/C16H22N2O2/c1-3-4-5-8-18(9-10-19)16(20)15-7-6-14(12-17)11-13(15)2/h6-7,11,19H,3-5,8-10H2,1-2H3. The van der Waals surface area contributed by atoms with Crippen LogP contribution in [0.25, 0.3) is 0 Å². The van der Waals surface area contributed by atoms with Crippen LogP contribution >= 0.6 is 0 Å². The van der Waals surface area contributed by atoms with Gasteiger partial charge < -0.3 is 10.0 Å². The molecule has 0 atom stereocenters. The van der Waals surface area contributed by atoms with E-state index >= 15 is 0 Å². The number of hydrogen-bond donors (Lipinski definition) is 1. The Balaban J connectivity index is 2.86. The SMILES string of the molecule is CCCCCN(CCO)C(=O)c1ccc(C#N)cc1C. The molecular formula is C16H22N2O2. The number of amides is 1. The third-order valence-corrected chi connectivity index (χ3v) is 3.27. The van der Waals surface area contributed by atoms with Crippen LogP contribution in [0.3, 0.4) is 0 Å². The molecule has 108 valence electrons. The molecule has 1 aromatic carbocycles. The summed E-state index contributed by atoms with van der Waals surface area (Å²) in [6.45, 7) is 4.92. The van der Waals surface area contributed by atoms with E-state index in [9.17, 15) is 4.79 Å². The van der Waals surface area contributed by atoms with Gasteiger partial charge in [-0.15, -0.1) is 0 Å². The van der Waals surface area contributed by atoms with Crippen molar-refractivity contribution < 1.29 is 9.90 Å². The lowest BCUT2D eigenvalue weighted by Crippen LogP contribution is -2.34. The molecule has 0 heterocycles. The van der Waals surface area contributed by atoms with Crippen LogP contribution in [0, 0.1) is 18.3 Å². The zero-order valence-electron chi connectivity index (χ0n) is 12.2. The van der Waals surface area contributed by atoms with Crippen LogP contribution in [0.15, 0.2) is 18.2 Å². The van der Waals surface area contributed by atoms with E-state index < -0.39 is 0 Å². The summed E-state index contributed by atoms with van der Waals surface area (Å²) in [6.07, 6.45) is 3.11. The first kappa shape index (κ1) is 16.2. The normalized spacial score (nSPS) is 10.1. The molecule has 1 amide bonds. The summed E-state index contributed by atoms with van der Waals surface area (Å²) < 4.78 is 0. The van der Waals surface area contributed by atoms with Gasteiger partial charge in [-0.2, -0.15) is 5.26 Å². The maximum atomic E-state index is 12.5. The number of carbonyl (C=O) groups excluding carboxylic acids is 1. The van der Waals surface area contributed by atoms with Crippen molar-refractivity contribution in [1.82, 2.24) is 4.90 Å². The fourth-order valence-electron chi connectivity index (χ4n) is 2.13. The lowest BCUT2D eigenvalue weighted by Gasteiger charge is -2.22. The predicted octanol–water partition coefficient (Wildman–Crippen LogP) is 2.49. The Morgan fingerprint density at radius 1 is 1.35 bits per heavy atom. The van der Waals surface area contributed by atoms with Crippen LogP contribution in [-0.4, -0.2) is 35.6 Å². The molecule has 0 radical (unpaired) electrons. The lowest BCUT2D eigenvalue weighted by molar-refractivity contribution is 0.0718. The van der Waals surface area contributed by atoms with Gasteiger partial charge in [-0.05, 0) is 37.1 Å². The quantitative estimate of drug-likeness (QED) is 0.777. The summed E-state index contributed by atoms with van der Waals surface area (Å²) in [5, 5.41) is 18.0. The van der Waals surface area contributed by atoms with Crippen molar-refractivity contribution in [2.24, 2.45) is 0 Å². The highest BCUT2D eigenvalue weighted by molar-refractivity contribution is 5.95. The molecule has 4 nitrogen and oxygen atoms in total. The summed E-state index contributed by atoms with van der Waals surface area (Å²) in [5.41, 5.74) is 1.96. The topological polar surface area (TPSA) is 64.3 Å². The van der Waals surface area contributed by atoms with Crippen LogP contribution in [-0.2, 0) is 0 Å². The first-order valence-corrected chi connectivity index (χ1v) is 7.05. The summed E-state index contributed by atoms with van der Waals surface area (Å²) in [7, 11) is 0. The van der Waals surface area contributed by atoms with E-state index in [1.165, 1.54) is 0 Å². The number of nitrogens with zero attached hydrogens (tertiary/aromatic N) is 2. The minimum atomic E-state index is -0.0721. The van der Waals surface area contributed by atoms with Crippen molar-refractivity contribution in [2.45, 2.75) is 33.1 Å². The molecule has 0 aliphatic heterocycles. The van der Waals surface area contributed by atoms with Crippen molar-refractivity contribution in [1.29, 1.82) is 5.26 Å². The summed E-state index contributed by atoms with van der Waals surface area (Å²) in [4.78, 5) is 14.2. The molecule has 1 rings (SSSR count). The number of aliphatic hydroxyl groups is 1. The molecule has 4 heteroatoms. The molecule has 0 saturated carbocycles. The third kappa shape index (κ3) is 4.36. The Morgan fingerprint density at radius 2 is 2.10 bits per heavy atom. The zero-order valence-corrected chi connectivity index (χ0v) is 12.2. The minimum absolute atomic E-state index is 0.0345. The number of aryl methyl sites for hydroxylation is 1. The molecule has 1 aromatic rings. The summed E-state index contributed by atoms with van der Waals surface area (Å²) in [5.74, 6) is -0.0721. The van der Waals surface area contributed by atoms with Crippen LogP contribution in [0.2, 0.25) is 0 Å². The monoisotopic (exact) mass is 274 g/mol. The van der Waals surface area contributed by atoms with E-state index in [0.29, 0.717) is 24.2 Å². The van der Waals surface area contributed by atoms with E-state index in [1.54, 1.807) is 23.1 Å². The first-order chi connectivity index (χ1) is 9.63. The molecule has 0 unspecified atom stereocenters. The Kier molecular flexibility index (Phi) is 6.75. The van der Waals surface area contributed by atoms with Gasteiger partial charge in [0, 0.05) is 18.7 Å². The number of aliphatic hydroxyl groups excluding tert-OH is 1. The molecule has 1 N–H and O–H groups in total. The second-order valence-corrected chi connectivity index (χ2v) is 4.86. The highest BCUT2D eigenvalue weighted by Crippen LogP contribution is 2.14. The van der Waals surface area contributed by atoms with Gasteiger partial charge >= 0.3 is 0 Å². The lowest BCUT2D eigenvalue weighted by atomic mass is 10.0. The maximum Gasteiger partial charge on any atom is 0.254 e. The molecule has 20 heavy (non-hydrogen) atoms. The number of unbranched alkanes of at least 4 members (excludes halogenated alkanes) is 2. The van der Waals surface area contributed by atoms with Gasteiger partial charge in [-0.25, -0.2) is 0 Å². The molecule has 0 fully saturated rings. The van der Waals surface area contributed by atoms with Gasteiger partial charge in [-0.1, -0.05) is 19.8 Å². The van der Waals surface area contributed by atoms with E-state index in [1.807, 2.05) is 6.92 Å². The van der Waals surface area contributed by atoms with Crippen molar-refractivity contribution in [3.8, 4) is 6.07 Å². The van der Waals surface area contributed by atoms with Crippen molar-refractivity contribution in [3.05, 3.63) is 34.9 Å². The van der Waals surface area contributed by atoms with Crippen LogP contribution in [0.5, 0.6) is 0 Å². The molecular weight excluding hydrogens is 252 g/mol. The van der Waals surface area contributed by atoms with Crippen molar-refractivity contribution in [2.75, 3.05) is 19.7 Å². The van der Waals surface area contributed by atoms with Gasteiger partial charge in [0.2, 0.25) is 0 Å². The predicted molar refractivity (Wildman–Crippen MR) is 78.4 cm³/mol. The van der Waals surface area contributed by atoms with Gasteiger partial charge in [0.25, 0.3) is 5.91 Å². The van der Waals surface area contributed by atoms with Gasteiger partial charge in [0.05, 0.1) is 18.2 Å². The smallest absolute Gasteiger partial charge is 0.254 e. The number of rotatable bonds is 7. The fourth-order valence-corrected chi connectivity index (χ4v) is 2.13. The highest BCUT2D eigenvalue weighted by atomic mass is 16.3. The number of hydrogen-bond acceptors (Lipinski definition) is 3. The number of benzene rings is 1. The van der Waals surface area contributed by atoms with Crippen molar-refractivity contribution >= 4 is 5.91 Å². The van der Waals surface area contributed by atoms with Gasteiger partial charge in [0.15, 0.2) is 0 Å². The van der Waals surface area contributed by atoms with Crippen molar-refractivity contribution in [3.63, 3.8) is 0 Å². The number of nitriles is 1. The van der Waals surface area contributed by atoms with Crippen LogP contribution in [0.1, 0.15) is 47.7 Å². The second kappa shape index (κ2) is 8.34. The Morgan fingerprint density at radius 3 is 2.65 bits per heavy atom.